The molecule has 1 aliphatic carbocycles. The maximum atomic E-state index is 2.50. The molecule has 11 rings (SSSR count). The summed E-state index contributed by atoms with van der Waals surface area (Å²) in [5, 5.41) is 7.49. The lowest BCUT2D eigenvalue weighted by Crippen LogP contribution is -2.17. The van der Waals surface area contributed by atoms with Crippen LogP contribution >= 0.6 is 0 Å². The Labute approximate surface area is 340 Å². The van der Waals surface area contributed by atoms with Crippen LogP contribution < -0.4 is 4.90 Å². The van der Waals surface area contributed by atoms with Crippen molar-refractivity contribution in [2.75, 3.05) is 4.90 Å². The molecule has 274 valence electrons. The summed E-state index contributed by atoms with van der Waals surface area (Å²) < 4.78 is 0. The highest BCUT2D eigenvalue weighted by molar-refractivity contribution is 6.16. The van der Waals surface area contributed by atoms with E-state index in [1.807, 2.05) is 0 Å². The van der Waals surface area contributed by atoms with Crippen molar-refractivity contribution in [3.05, 3.63) is 223 Å². The van der Waals surface area contributed by atoms with Crippen LogP contribution in [0.5, 0.6) is 0 Å². The Bertz CT molecular complexity index is 3190. The second-order valence-corrected chi connectivity index (χ2v) is 16.1. The molecule has 0 unspecified atom stereocenters. The Morgan fingerprint density at radius 1 is 0.328 bits per heavy atom. The second kappa shape index (κ2) is 13.5. The first kappa shape index (κ1) is 34.1. The lowest BCUT2D eigenvalue weighted by Gasteiger charge is -2.31. The first-order chi connectivity index (χ1) is 28.5. The van der Waals surface area contributed by atoms with Gasteiger partial charge in [0.25, 0.3) is 0 Å². The predicted octanol–water partition coefficient (Wildman–Crippen LogP) is 15.9. The van der Waals surface area contributed by atoms with Crippen molar-refractivity contribution in [3.8, 4) is 44.5 Å². The molecule has 0 heterocycles. The van der Waals surface area contributed by atoms with Crippen LogP contribution in [0, 0.1) is 0 Å². The average Bonchev–Trinajstić information content (AvgIpc) is 3.51. The largest absolute Gasteiger partial charge is 0.310 e. The molecule has 58 heavy (non-hydrogen) atoms. The lowest BCUT2D eigenvalue weighted by molar-refractivity contribution is 0.660. The monoisotopic (exact) mass is 739 g/mol. The van der Waals surface area contributed by atoms with Crippen molar-refractivity contribution in [3.63, 3.8) is 0 Å². The Kier molecular flexibility index (Phi) is 7.91. The molecule has 0 aromatic heterocycles. The molecule has 0 saturated heterocycles. The van der Waals surface area contributed by atoms with Gasteiger partial charge in [0.05, 0.1) is 5.69 Å². The quantitative estimate of drug-likeness (QED) is 0.154. The molecular formula is C57H41N. The summed E-state index contributed by atoms with van der Waals surface area (Å²) in [5.74, 6) is 0. The zero-order valence-electron chi connectivity index (χ0n) is 32.7. The van der Waals surface area contributed by atoms with Crippen LogP contribution in [0.25, 0.3) is 76.8 Å². The topological polar surface area (TPSA) is 3.24 Å². The summed E-state index contributed by atoms with van der Waals surface area (Å²) in [6.45, 7) is 4.74. The number of fused-ring (bicyclic) bond motifs is 7. The minimum absolute atomic E-state index is 0.142. The van der Waals surface area contributed by atoms with Crippen molar-refractivity contribution in [2.45, 2.75) is 19.3 Å². The number of hydrogen-bond donors (Lipinski definition) is 0. The number of hydrogen-bond acceptors (Lipinski definition) is 1. The molecule has 0 saturated carbocycles. The van der Waals surface area contributed by atoms with Crippen LogP contribution in [0.15, 0.2) is 212 Å². The van der Waals surface area contributed by atoms with E-state index in [-0.39, 0.29) is 5.41 Å². The van der Waals surface area contributed by atoms with Gasteiger partial charge in [-0.3, -0.25) is 0 Å². The third-order valence-electron chi connectivity index (χ3n) is 12.4. The van der Waals surface area contributed by atoms with Gasteiger partial charge in [-0.15, -0.1) is 0 Å². The third-order valence-corrected chi connectivity index (χ3v) is 12.4. The summed E-state index contributed by atoms with van der Waals surface area (Å²) in [4.78, 5) is 2.50. The zero-order chi connectivity index (χ0) is 38.8. The van der Waals surface area contributed by atoms with Gasteiger partial charge in [0.2, 0.25) is 0 Å². The Balaban J connectivity index is 1.18. The first-order valence-corrected chi connectivity index (χ1v) is 20.3. The van der Waals surface area contributed by atoms with E-state index < -0.39 is 0 Å². The van der Waals surface area contributed by atoms with Crippen LogP contribution in [0.3, 0.4) is 0 Å². The number of benzene rings is 10. The van der Waals surface area contributed by atoms with E-state index >= 15 is 0 Å². The molecule has 0 radical (unpaired) electrons. The first-order valence-electron chi connectivity index (χ1n) is 20.3. The standard InChI is InChI=1S/C57H41N/c1-57(2)53-25-13-12-23-50(53)51-34-33-45(37-54(51)57)58(44-31-29-39(30-32-44)42-28-27-38-15-6-7-18-41(38)35-42)55-26-14-24-47(40-16-4-3-5-17-40)56(55)52-36-43-19-8-9-20-46(43)48-21-10-11-22-49(48)52/h3-37H,1-2H3. The van der Waals surface area contributed by atoms with E-state index in [0.29, 0.717) is 0 Å². The van der Waals surface area contributed by atoms with Crippen molar-refractivity contribution < 1.29 is 0 Å². The number of anilines is 3. The Hall–Kier alpha value is -7.22. The summed E-state index contributed by atoms with van der Waals surface area (Å²) in [5.41, 5.74) is 15.8. The van der Waals surface area contributed by atoms with Gasteiger partial charge in [-0.05, 0) is 125 Å². The zero-order valence-corrected chi connectivity index (χ0v) is 32.7. The Morgan fingerprint density at radius 2 is 0.948 bits per heavy atom. The molecule has 0 bridgehead atoms. The van der Waals surface area contributed by atoms with Crippen molar-refractivity contribution in [2.24, 2.45) is 0 Å². The summed E-state index contributed by atoms with van der Waals surface area (Å²) >= 11 is 0. The molecule has 1 aliphatic rings. The van der Waals surface area contributed by atoms with Gasteiger partial charge in [0, 0.05) is 22.4 Å². The highest BCUT2D eigenvalue weighted by Gasteiger charge is 2.36. The number of rotatable bonds is 6. The van der Waals surface area contributed by atoms with E-state index in [1.165, 1.54) is 88.0 Å². The molecule has 0 amide bonds. The fraction of sp³-hybridized carbons (Fsp3) is 0.0526. The Morgan fingerprint density at radius 3 is 1.78 bits per heavy atom. The van der Waals surface area contributed by atoms with Gasteiger partial charge >= 0.3 is 0 Å². The van der Waals surface area contributed by atoms with E-state index in [1.54, 1.807) is 0 Å². The normalized spacial score (nSPS) is 12.8. The van der Waals surface area contributed by atoms with E-state index in [2.05, 4.69) is 231 Å². The molecular weight excluding hydrogens is 699 g/mol. The fourth-order valence-electron chi connectivity index (χ4n) is 9.56. The van der Waals surface area contributed by atoms with Crippen LogP contribution in [0.2, 0.25) is 0 Å². The molecule has 0 fully saturated rings. The SMILES string of the molecule is CC1(C)c2ccccc2-c2ccc(N(c3ccc(-c4ccc5ccccc5c4)cc3)c3cccc(-c4ccccc4)c3-c3cc4ccccc4c4ccccc34)cc21. The second-order valence-electron chi connectivity index (χ2n) is 16.1. The van der Waals surface area contributed by atoms with Crippen LogP contribution in [0.4, 0.5) is 17.1 Å². The van der Waals surface area contributed by atoms with Crippen LogP contribution in [0.1, 0.15) is 25.0 Å². The number of nitrogens with zero attached hydrogens (tertiary/aromatic N) is 1. The van der Waals surface area contributed by atoms with Gasteiger partial charge in [0.1, 0.15) is 0 Å². The van der Waals surface area contributed by atoms with Gasteiger partial charge in [-0.25, -0.2) is 0 Å². The van der Waals surface area contributed by atoms with Crippen molar-refractivity contribution in [1.29, 1.82) is 0 Å². The van der Waals surface area contributed by atoms with Gasteiger partial charge < -0.3 is 4.90 Å². The highest BCUT2D eigenvalue weighted by Crippen LogP contribution is 2.53. The van der Waals surface area contributed by atoms with E-state index in [0.717, 1.165) is 17.1 Å². The lowest BCUT2D eigenvalue weighted by atomic mass is 9.82. The maximum Gasteiger partial charge on any atom is 0.0546 e. The highest BCUT2D eigenvalue weighted by atomic mass is 15.1. The van der Waals surface area contributed by atoms with Crippen molar-refractivity contribution >= 4 is 49.4 Å². The van der Waals surface area contributed by atoms with E-state index in [9.17, 15) is 0 Å². The molecule has 10 aromatic carbocycles. The van der Waals surface area contributed by atoms with Crippen LogP contribution in [-0.2, 0) is 5.41 Å². The average molecular weight is 740 g/mol. The summed E-state index contributed by atoms with van der Waals surface area (Å²) in [7, 11) is 0. The summed E-state index contributed by atoms with van der Waals surface area (Å²) in [6, 6.07) is 78.4. The van der Waals surface area contributed by atoms with E-state index in [4.69, 9.17) is 0 Å². The molecule has 0 aliphatic heterocycles. The predicted molar refractivity (Wildman–Crippen MR) is 248 cm³/mol. The molecule has 0 N–H and O–H groups in total. The smallest absolute Gasteiger partial charge is 0.0546 e. The molecule has 10 aromatic rings. The van der Waals surface area contributed by atoms with Gasteiger partial charge in [-0.1, -0.05) is 184 Å². The van der Waals surface area contributed by atoms with Gasteiger partial charge in [0.15, 0.2) is 0 Å². The third kappa shape index (κ3) is 5.46. The van der Waals surface area contributed by atoms with Crippen LogP contribution in [-0.4, -0.2) is 0 Å². The summed E-state index contributed by atoms with van der Waals surface area (Å²) in [6.07, 6.45) is 0. The van der Waals surface area contributed by atoms with Gasteiger partial charge in [-0.2, -0.15) is 0 Å². The van der Waals surface area contributed by atoms with Crippen molar-refractivity contribution in [1.82, 2.24) is 0 Å². The molecule has 0 atom stereocenters. The molecule has 0 spiro atoms. The molecule has 1 heteroatoms. The minimum Gasteiger partial charge on any atom is -0.310 e. The maximum absolute atomic E-state index is 2.50. The minimum atomic E-state index is -0.142. The fourth-order valence-corrected chi connectivity index (χ4v) is 9.56. The molecule has 1 nitrogen and oxygen atoms in total.